The Labute approximate surface area is 79.5 Å². The Bertz CT molecular complexity index is 218. The minimum absolute atomic E-state index is 0.928. The van der Waals surface area contributed by atoms with Gasteiger partial charge >= 0.3 is 5.97 Å². The van der Waals surface area contributed by atoms with Gasteiger partial charge in [0.25, 0.3) is 0 Å². The molecule has 1 aliphatic heterocycles. The van der Waals surface area contributed by atoms with Gasteiger partial charge in [0.1, 0.15) is 18.3 Å². The van der Waals surface area contributed by atoms with E-state index in [0.29, 0.717) is 0 Å². The molecule has 7 heteroatoms. The molecule has 0 aromatic rings. The zero-order valence-electron chi connectivity index (χ0n) is 7.40. The molecule has 5 unspecified atom stereocenters. The Hall–Kier alpha value is -0.730. The van der Waals surface area contributed by atoms with E-state index in [1.165, 1.54) is 0 Å². The Morgan fingerprint density at radius 3 is 2.21 bits per heavy atom. The molecule has 82 valence electrons. The van der Waals surface area contributed by atoms with Crippen LogP contribution in [0.3, 0.4) is 0 Å². The number of carbonyl (C=O) groups is 1. The van der Waals surface area contributed by atoms with Gasteiger partial charge in [-0.05, 0) is 0 Å². The second-order valence-electron chi connectivity index (χ2n) is 2.94. The lowest BCUT2D eigenvalue weighted by Crippen LogP contribution is -2.59. The van der Waals surface area contributed by atoms with E-state index in [0.717, 1.165) is 7.11 Å². The standard InChI is InChI=1S/C7H12O7/c1-13-7(12)5-3(9)2(8)4(10)6(11)14-5/h2-6,8-11H,1H3. The van der Waals surface area contributed by atoms with Crippen molar-refractivity contribution >= 4 is 5.97 Å². The van der Waals surface area contributed by atoms with Crippen molar-refractivity contribution in [3.63, 3.8) is 0 Å². The first-order chi connectivity index (χ1) is 6.49. The molecule has 0 amide bonds. The summed E-state index contributed by atoms with van der Waals surface area (Å²) in [5.74, 6) is -0.928. The van der Waals surface area contributed by atoms with Crippen LogP contribution in [0.1, 0.15) is 0 Å². The monoisotopic (exact) mass is 208 g/mol. The predicted octanol–water partition coefficient (Wildman–Crippen LogP) is -3.04. The molecule has 1 rings (SSSR count). The third kappa shape index (κ3) is 1.86. The maximum Gasteiger partial charge on any atom is 0.337 e. The summed E-state index contributed by atoms with van der Waals surface area (Å²) in [5, 5.41) is 36.5. The summed E-state index contributed by atoms with van der Waals surface area (Å²) in [4.78, 5) is 11.0. The molecule has 0 aromatic heterocycles. The van der Waals surface area contributed by atoms with E-state index < -0.39 is 36.7 Å². The third-order valence-corrected chi connectivity index (χ3v) is 2.02. The number of methoxy groups -OCH3 is 1. The van der Waals surface area contributed by atoms with Gasteiger partial charge in [-0.1, -0.05) is 0 Å². The molecule has 4 N–H and O–H groups in total. The van der Waals surface area contributed by atoms with E-state index in [4.69, 9.17) is 10.2 Å². The van der Waals surface area contributed by atoms with Crippen molar-refractivity contribution in [1.29, 1.82) is 0 Å². The molecule has 7 nitrogen and oxygen atoms in total. The number of hydrogen-bond donors (Lipinski definition) is 4. The summed E-state index contributed by atoms with van der Waals surface area (Å²) < 4.78 is 8.82. The molecule has 0 radical (unpaired) electrons. The van der Waals surface area contributed by atoms with Gasteiger partial charge in [0.05, 0.1) is 7.11 Å². The van der Waals surface area contributed by atoms with Crippen LogP contribution in [0.4, 0.5) is 0 Å². The summed E-state index contributed by atoms with van der Waals surface area (Å²) >= 11 is 0. The highest BCUT2D eigenvalue weighted by Crippen LogP contribution is 2.20. The summed E-state index contributed by atoms with van der Waals surface area (Å²) in [6.07, 6.45) is -8.14. The van der Waals surface area contributed by atoms with E-state index in [1.807, 2.05) is 0 Å². The molecule has 0 bridgehead atoms. The summed E-state index contributed by atoms with van der Waals surface area (Å²) in [6, 6.07) is 0. The number of hydrogen-bond acceptors (Lipinski definition) is 7. The van der Waals surface area contributed by atoms with Crippen LogP contribution in [0.2, 0.25) is 0 Å². The van der Waals surface area contributed by atoms with Gasteiger partial charge in [-0.3, -0.25) is 0 Å². The number of esters is 1. The topological polar surface area (TPSA) is 116 Å². The van der Waals surface area contributed by atoms with Crippen molar-refractivity contribution in [2.45, 2.75) is 30.7 Å². The Morgan fingerprint density at radius 2 is 1.71 bits per heavy atom. The van der Waals surface area contributed by atoms with Crippen LogP contribution in [0.15, 0.2) is 0 Å². The average molecular weight is 208 g/mol. The van der Waals surface area contributed by atoms with Gasteiger partial charge in [0.2, 0.25) is 0 Å². The first kappa shape index (κ1) is 11.3. The van der Waals surface area contributed by atoms with Crippen LogP contribution >= 0.6 is 0 Å². The molecule has 1 aliphatic rings. The second kappa shape index (κ2) is 4.20. The van der Waals surface area contributed by atoms with Crippen LogP contribution < -0.4 is 0 Å². The number of ether oxygens (including phenoxy) is 2. The summed E-state index contributed by atoms with van der Waals surface area (Å²) in [5.41, 5.74) is 0. The smallest absolute Gasteiger partial charge is 0.337 e. The van der Waals surface area contributed by atoms with Gasteiger partial charge in [-0.15, -0.1) is 0 Å². The number of carbonyl (C=O) groups excluding carboxylic acids is 1. The van der Waals surface area contributed by atoms with Crippen LogP contribution in [0.25, 0.3) is 0 Å². The van der Waals surface area contributed by atoms with Crippen molar-refractivity contribution in [3.8, 4) is 0 Å². The van der Waals surface area contributed by atoms with E-state index in [-0.39, 0.29) is 0 Å². The molecule has 14 heavy (non-hydrogen) atoms. The highest BCUT2D eigenvalue weighted by Gasteiger charge is 2.46. The van der Waals surface area contributed by atoms with E-state index >= 15 is 0 Å². The minimum Gasteiger partial charge on any atom is -0.467 e. The lowest BCUT2D eigenvalue weighted by molar-refractivity contribution is -0.280. The zero-order chi connectivity index (χ0) is 10.9. The minimum atomic E-state index is -1.72. The fraction of sp³-hybridized carbons (Fsp3) is 0.857. The maximum absolute atomic E-state index is 11.0. The third-order valence-electron chi connectivity index (χ3n) is 2.02. The lowest BCUT2D eigenvalue weighted by atomic mass is 9.99. The number of aliphatic hydroxyl groups excluding tert-OH is 4. The SMILES string of the molecule is COC(=O)C1OC(O)C(O)C(O)C1O. The molecule has 0 aliphatic carbocycles. The Kier molecular flexibility index (Phi) is 3.40. The highest BCUT2D eigenvalue weighted by atomic mass is 16.7. The quantitative estimate of drug-likeness (QED) is 0.338. The van der Waals surface area contributed by atoms with Crippen molar-refractivity contribution in [2.75, 3.05) is 7.11 Å². The van der Waals surface area contributed by atoms with E-state index in [9.17, 15) is 15.0 Å². The number of rotatable bonds is 1. The van der Waals surface area contributed by atoms with Crippen LogP contribution in [0.5, 0.6) is 0 Å². The van der Waals surface area contributed by atoms with Crippen molar-refractivity contribution in [3.05, 3.63) is 0 Å². The average Bonchev–Trinajstić information content (AvgIpc) is 2.19. The molecule has 1 saturated heterocycles. The molecule has 1 fully saturated rings. The van der Waals surface area contributed by atoms with Gasteiger partial charge in [0.15, 0.2) is 12.4 Å². The van der Waals surface area contributed by atoms with Gasteiger partial charge in [-0.2, -0.15) is 0 Å². The second-order valence-corrected chi connectivity index (χ2v) is 2.94. The number of aliphatic hydroxyl groups is 4. The van der Waals surface area contributed by atoms with Crippen molar-refractivity contribution in [2.24, 2.45) is 0 Å². The molecule has 1 heterocycles. The van der Waals surface area contributed by atoms with E-state index in [2.05, 4.69) is 9.47 Å². The Balaban J connectivity index is 2.75. The van der Waals surface area contributed by atoms with Crippen LogP contribution in [-0.2, 0) is 14.3 Å². The first-order valence-electron chi connectivity index (χ1n) is 3.94. The van der Waals surface area contributed by atoms with E-state index in [1.54, 1.807) is 0 Å². The van der Waals surface area contributed by atoms with Crippen molar-refractivity contribution < 1.29 is 34.7 Å². The molecular weight excluding hydrogens is 196 g/mol. The van der Waals surface area contributed by atoms with Crippen molar-refractivity contribution in [1.82, 2.24) is 0 Å². The zero-order valence-corrected chi connectivity index (χ0v) is 7.40. The molecule has 0 saturated carbocycles. The summed E-state index contributed by atoms with van der Waals surface area (Å²) in [7, 11) is 1.07. The fourth-order valence-corrected chi connectivity index (χ4v) is 1.17. The maximum atomic E-state index is 11.0. The van der Waals surface area contributed by atoms with Crippen LogP contribution in [0, 0.1) is 0 Å². The van der Waals surface area contributed by atoms with Crippen LogP contribution in [-0.4, -0.2) is 64.2 Å². The normalized spacial score (nSPS) is 43.4. The van der Waals surface area contributed by atoms with Gasteiger partial charge in [0, 0.05) is 0 Å². The predicted molar refractivity (Wildman–Crippen MR) is 40.9 cm³/mol. The Morgan fingerprint density at radius 1 is 1.14 bits per heavy atom. The molecule has 0 aromatic carbocycles. The van der Waals surface area contributed by atoms with Gasteiger partial charge in [-0.25, -0.2) is 4.79 Å². The lowest BCUT2D eigenvalue weighted by Gasteiger charge is -2.36. The first-order valence-corrected chi connectivity index (χ1v) is 3.94. The molecular formula is C7H12O7. The largest absolute Gasteiger partial charge is 0.467 e. The van der Waals surface area contributed by atoms with Gasteiger partial charge < -0.3 is 29.9 Å². The molecule has 5 atom stereocenters. The summed E-state index contributed by atoms with van der Waals surface area (Å²) in [6.45, 7) is 0. The fourth-order valence-electron chi connectivity index (χ4n) is 1.17. The molecule has 0 spiro atoms. The highest BCUT2D eigenvalue weighted by molar-refractivity contribution is 5.75.